The summed E-state index contributed by atoms with van der Waals surface area (Å²) < 4.78 is 5.94. The molecular formula is C16H24ClNO. The summed E-state index contributed by atoms with van der Waals surface area (Å²) in [6, 6.07) is 8.56. The van der Waals surface area contributed by atoms with Crippen LogP contribution in [-0.4, -0.2) is 25.3 Å². The van der Waals surface area contributed by atoms with E-state index in [9.17, 15) is 0 Å². The van der Waals surface area contributed by atoms with Gasteiger partial charge in [-0.25, -0.2) is 0 Å². The Hall–Kier alpha value is -0.570. The van der Waals surface area contributed by atoms with E-state index in [2.05, 4.69) is 24.4 Å². The van der Waals surface area contributed by atoms with Gasteiger partial charge in [0.1, 0.15) is 0 Å². The number of hydrogen-bond donors (Lipinski definition) is 1. The predicted octanol–water partition coefficient (Wildman–Crippen LogP) is 3.82. The van der Waals surface area contributed by atoms with Gasteiger partial charge in [-0.15, -0.1) is 0 Å². The van der Waals surface area contributed by atoms with Crippen LogP contribution in [0.5, 0.6) is 0 Å². The zero-order chi connectivity index (χ0) is 13.5. The first-order valence-corrected chi connectivity index (χ1v) is 7.77. The molecule has 1 aromatic carbocycles. The minimum absolute atomic E-state index is 0.347. The minimum atomic E-state index is 0.347. The third-order valence-electron chi connectivity index (χ3n) is 3.66. The van der Waals surface area contributed by atoms with Crippen LogP contribution >= 0.6 is 11.6 Å². The molecule has 0 saturated carbocycles. The van der Waals surface area contributed by atoms with Gasteiger partial charge in [-0.1, -0.05) is 30.7 Å². The number of hydrogen-bond acceptors (Lipinski definition) is 2. The van der Waals surface area contributed by atoms with Crippen LogP contribution in [0.15, 0.2) is 24.3 Å². The summed E-state index contributed by atoms with van der Waals surface area (Å²) in [5.41, 5.74) is 1.29. The van der Waals surface area contributed by atoms with E-state index in [1.54, 1.807) is 0 Å². The van der Waals surface area contributed by atoms with Gasteiger partial charge in [-0.05, 0) is 56.3 Å². The molecule has 0 radical (unpaired) electrons. The first kappa shape index (κ1) is 14.8. The standard InChI is InChI=1S/C16H24ClNO/c1-2-9-18-15(16-8-3-4-10-19-16)12-13-6-5-7-14(17)11-13/h5-7,11,15-16,18H,2-4,8-10,12H2,1H3. The fourth-order valence-electron chi connectivity index (χ4n) is 2.67. The van der Waals surface area contributed by atoms with Crippen molar-refractivity contribution in [2.75, 3.05) is 13.2 Å². The van der Waals surface area contributed by atoms with Crippen LogP contribution in [0.25, 0.3) is 0 Å². The summed E-state index contributed by atoms with van der Waals surface area (Å²) in [6.07, 6.45) is 6.14. The highest BCUT2D eigenvalue weighted by molar-refractivity contribution is 6.30. The summed E-state index contributed by atoms with van der Waals surface area (Å²) >= 11 is 6.07. The molecule has 0 spiro atoms. The molecule has 2 atom stereocenters. The Morgan fingerprint density at radius 2 is 2.32 bits per heavy atom. The van der Waals surface area contributed by atoms with Crippen molar-refractivity contribution in [3.63, 3.8) is 0 Å². The topological polar surface area (TPSA) is 21.3 Å². The van der Waals surface area contributed by atoms with Gasteiger partial charge in [0.25, 0.3) is 0 Å². The van der Waals surface area contributed by atoms with Crippen molar-refractivity contribution in [2.24, 2.45) is 0 Å². The molecule has 0 bridgehead atoms. The lowest BCUT2D eigenvalue weighted by Crippen LogP contribution is -2.44. The second kappa shape index (κ2) is 7.88. The van der Waals surface area contributed by atoms with Gasteiger partial charge in [0.2, 0.25) is 0 Å². The number of benzene rings is 1. The molecule has 106 valence electrons. The van der Waals surface area contributed by atoms with Gasteiger partial charge in [-0.3, -0.25) is 0 Å². The van der Waals surface area contributed by atoms with Crippen LogP contribution in [0, 0.1) is 0 Å². The van der Waals surface area contributed by atoms with E-state index in [1.165, 1.54) is 24.8 Å². The van der Waals surface area contributed by atoms with E-state index < -0.39 is 0 Å². The molecule has 1 heterocycles. The lowest BCUT2D eigenvalue weighted by molar-refractivity contribution is -0.00737. The summed E-state index contributed by atoms with van der Waals surface area (Å²) in [4.78, 5) is 0. The van der Waals surface area contributed by atoms with Crippen LogP contribution in [-0.2, 0) is 11.2 Å². The Labute approximate surface area is 121 Å². The summed E-state index contributed by atoms with van der Waals surface area (Å²) in [5.74, 6) is 0. The van der Waals surface area contributed by atoms with Crippen LogP contribution < -0.4 is 5.32 Å². The van der Waals surface area contributed by atoms with Crippen molar-refractivity contribution < 1.29 is 4.74 Å². The van der Waals surface area contributed by atoms with E-state index in [0.717, 1.165) is 31.0 Å². The van der Waals surface area contributed by atoms with Crippen LogP contribution in [0.1, 0.15) is 38.2 Å². The molecule has 1 saturated heterocycles. The highest BCUT2D eigenvalue weighted by atomic mass is 35.5. The van der Waals surface area contributed by atoms with Gasteiger partial charge >= 0.3 is 0 Å². The zero-order valence-corrected chi connectivity index (χ0v) is 12.5. The smallest absolute Gasteiger partial charge is 0.0731 e. The Bertz CT molecular complexity index is 377. The number of nitrogens with one attached hydrogen (secondary N) is 1. The Morgan fingerprint density at radius 3 is 3.00 bits per heavy atom. The monoisotopic (exact) mass is 281 g/mol. The molecule has 0 aromatic heterocycles. The third-order valence-corrected chi connectivity index (χ3v) is 3.90. The van der Waals surface area contributed by atoms with Gasteiger partial charge in [0, 0.05) is 17.7 Å². The molecule has 0 amide bonds. The van der Waals surface area contributed by atoms with Crippen molar-refractivity contribution in [1.82, 2.24) is 5.32 Å². The molecule has 2 unspecified atom stereocenters. The van der Waals surface area contributed by atoms with E-state index in [0.29, 0.717) is 12.1 Å². The third kappa shape index (κ3) is 4.79. The second-order valence-corrected chi connectivity index (χ2v) is 5.74. The van der Waals surface area contributed by atoms with E-state index >= 15 is 0 Å². The average Bonchev–Trinajstić information content (AvgIpc) is 2.44. The number of ether oxygens (including phenoxy) is 1. The van der Waals surface area contributed by atoms with Crippen LogP contribution in [0.3, 0.4) is 0 Å². The highest BCUT2D eigenvalue weighted by Crippen LogP contribution is 2.20. The van der Waals surface area contributed by atoms with Crippen LogP contribution in [0.2, 0.25) is 5.02 Å². The number of rotatable bonds is 6. The van der Waals surface area contributed by atoms with Crippen molar-refractivity contribution in [2.45, 2.75) is 51.2 Å². The lowest BCUT2D eigenvalue weighted by Gasteiger charge is -2.31. The number of halogens is 1. The largest absolute Gasteiger partial charge is 0.377 e. The quantitative estimate of drug-likeness (QED) is 0.856. The molecule has 3 heteroatoms. The van der Waals surface area contributed by atoms with E-state index in [1.807, 2.05) is 12.1 Å². The Morgan fingerprint density at radius 1 is 1.42 bits per heavy atom. The fraction of sp³-hybridized carbons (Fsp3) is 0.625. The first-order chi connectivity index (χ1) is 9.29. The maximum absolute atomic E-state index is 6.07. The summed E-state index contributed by atoms with van der Waals surface area (Å²) in [6.45, 7) is 4.15. The molecule has 1 N–H and O–H groups in total. The highest BCUT2D eigenvalue weighted by Gasteiger charge is 2.24. The Balaban J connectivity index is 1.99. The molecular weight excluding hydrogens is 258 g/mol. The molecule has 1 aliphatic heterocycles. The normalized spacial score (nSPS) is 21.3. The SMILES string of the molecule is CCCNC(Cc1cccc(Cl)c1)C1CCCCO1. The maximum atomic E-state index is 6.07. The molecule has 2 rings (SSSR count). The van der Waals surface area contributed by atoms with Crippen molar-refractivity contribution in [1.29, 1.82) is 0 Å². The minimum Gasteiger partial charge on any atom is -0.377 e. The van der Waals surface area contributed by atoms with Gasteiger partial charge in [-0.2, -0.15) is 0 Å². The molecule has 2 nitrogen and oxygen atoms in total. The van der Waals surface area contributed by atoms with E-state index in [-0.39, 0.29) is 0 Å². The van der Waals surface area contributed by atoms with Crippen molar-refractivity contribution in [3.05, 3.63) is 34.9 Å². The lowest BCUT2D eigenvalue weighted by atomic mass is 9.96. The van der Waals surface area contributed by atoms with Gasteiger partial charge < -0.3 is 10.1 Å². The summed E-state index contributed by atoms with van der Waals surface area (Å²) in [7, 11) is 0. The second-order valence-electron chi connectivity index (χ2n) is 5.30. The fourth-order valence-corrected chi connectivity index (χ4v) is 2.88. The van der Waals surface area contributed by atoms with Crippen molar-refractivity contribution >= 4 is 11.6 Å². The van der Waals surface area contributed by atoms with Gasteiger partial charge in [0.15, 0.2) is 0 Å². The molecule has 1 aliphatic rings. The van der Waals surface area contributed by atoms with Gasteiger partial charge in [0.05, 0.1) is 6.10 Å². The van der Waals surface area contributed by atoms with Crippen LogP contribution in [0.4, 0.5) is 0 Å². The van der Waals surface area contributed by atoms with E-state index in [4.69, 9.17) is 16.3 Å². The maximum Gasteiger partial charge on any atom is 0.0731 e. The molecule has 19 heavy (non-hydrogen) atoms. The molecule has 0 aliphatic carbocycles. The molecule has 1 aromatic rings. The average molecular weight is 282 g/mol. The first-order valence-electron chi connectivity index (χ1n) is 7.39. The predicted molar refractivity (Wildman–Crippen MR) is 80.8 cm³/mol. The Kier molecular flexibility index (Phi) is 6.15. The van der Waals surface area contributed by atoms with Crippen molar-refractivity contribution in [3.8, 4) is 0 Å². The molecule has 1 fully saturated rings. The zero-order valence-electron chi connectivity index (χ0n) is 11.7. The summed E-state index contributed by atoms with van der Waals surface area (Å²) in [5, 5.41) is 4.46.